The fourth-order valence-corrected chi connectivity index (χ4v) is 3.10. The number of nitrogens with zero attached hydrogens (tertiary/aromatic N) is 1. The Hall–Kier alpha value is -2.27. The Balaban J connectivity index is 1.94. The molecular formula is C15H12ClN3O2. The van der Waals surface area contributed by atoms with E-state index >= 15 is 0 Å². The SMILES string of the molecule is Cc1[nH]nc2c1C(c1ccc(Cl)cc1)C1=C(COC1=O)N2. The number of H-pyrrole nitrogens is 1. The third kappa shape index (κ3) is 1.77. The highest BCUT2D eigenvalue weighted by Gasteiger charge is 2.40. The number of hydrogen-bond acceptors (Lipinski definition) is 4. The third-order valence-corrected chi connectivity index (χ3v) is 4.19. The minimum absolute atomic E-state index is 0.178. The van der Waals surface area contributed by atoms with E-state index in [-0.39, 0.29) is 18.5 Å². The maximum absolute atomic E-state index is 12.1. The molecule has 0 amide bonds. The fraction of sp³-hybridized carbons (Fsp3) is 0.200. The summed E-state index contributed by atoms with van der Waals surface area (Å²) in [5, 5.41) is 11.1. The van der Waals surface area contributed by atoms with Gasteiger partial charge in [-0.1, -0.05) is 23.7 Å². The quantitative estimate of drug-likeness (QED) is 0.795. The van der Waals surface area contributed by atoms with Crippen molar-refractivity contribution in [2.45, 2.75) is 12.8 Å². The van der Waals surface area contributed by atoms with Crippen LogP contribution in [0.25, 0.3) is 0 Å². The van der Waals surface area contributed by atoms with Gasteiger partial charge in [0.25, 0.3) is 0 Å². The van der Waals surface area contributed by atoms with E-state index in [1.54, 1.807) is 0 Å². The molecule has 2 aliphatic heterocycles. The van der Waals surface area contributed by atoms with Crippen molar-refractivity contribution < 1.29 is 9.53 Å². The van der Waals surface area contributed by atoms with Gasteiger partial charge < -0.3 is 10.1 Å². The van der Waals surface area contributed by atoms with Crippen LogP contribution in [0.3, 0.4) is 0 Å². The Bertz CT molecular complexity index is 777. The van der Waals surface area contributed by atoms with Crippen molar-refractivity contribution in [3.63, 3.8) is 0 Å². The molecule has 0 bridgehead atoms. The van der Waals surface area contributed by atoms with Crippen molar-refractivity contribution in [1.82, 2.24) is 10.2 Å². The molecule has 2 N–H and O–H groups in total. The average molecular weight is 302 g/mol. The molecule has 2 aromatic rings. The Kier molecular flexibility index (Phi) is 2.59. The van der Waals surface area contributed by atoms with Gasteiger partial charge in [0.15, 0.2) is 5.82 Å². The standard InChI is InChI=1S/C15H12ClN3O2/c1-7-11-12(8-2-4-9(16)5-3-8)13-10(6-21-15(13)20)17-14(11)19-18-7/h2-5,12H,6H2,1H3,(H2,17,18,19). The number of cyclic esters (lactones) is 1. The molecule has 0 fully saturated rings. The van der Waals surface area contributed by atoms with Gasteiger partial charge >= 0.3 is 5.97 Å². The maximum Gasteiger partial charge on any atom is 0.337 e. The number of fused-ring (bicyclic) bond motifs is 1. The average Bonchev–Trinajstić information content (AvgIpc) is 3.03. The molecule has 0 saturated heterocycles. The summed E-state index contributed by atoms with van der Waals surface area (Å²) in [6.07, 6.45) is 0. The Labute approximate surface area is 126 Å². The minimum Gasteiger partial charge on any atom is -0.456 e. The van der Waals surface area contributed by atoms with Gasteiger partial charge in [-0.15, -0.1) is 0 Å². The molecule has 21 heavy (non-hydrogen) atoms. The van der Waals surface area contributed by atoms with Gasteiger partial charge in [-0.3, -0.25) is 5.10 Å². The topological polar surface area (TPSA) is 67.0 Å². The summed E-state index contributed by atoms with van der Waals surface area (Å²) >= 11 is 5.97. The number of aryl methyl sites for hydroxylation is 1. The first-order valence-corrected chi connectivity index (χ1v) is 7.00. The van der Waals surface area contributed by atoms with Crippen LogP contribution < -0.4 is 5.32 Å². The van der Waals surface area contributed by atoms with Gasteiger partial charge in [0, 0.05) is 22.2 Å². The third-order valence-electron chi connectivity index (χ3n) is 3.94. The first-order chi connectivity index (χ1) is 10.1. The second-order valence-electron chi connectivity index (χ2n) is 5.19. The molecule has 106 valence electrons. The number of hydrogen-bond donors (Lipinski definition) is 2. The second kappa shape index (κ2) is 4.36. The highest BCUT2D eigenvalue weighted by atomic mass is 35.5. The Morgan fingerprint density at radius 2 is 2.10 bits per heavy atom. The van der Waals surface area contributed by atoms with Crippen LogP contribution in [0.5, 0.6) is 0 Å². The lowest BCUT2D eigenvalue weighted by Gasteiger charge is -2.24. The number of halogens is 1. The predicted octanol–water partition coefficient (Wildman–Crippen LogP) is 2.74. The minimum atomic E-state index is -0.274. The van der Waals surface area contributed by atoms with E-state index in [0.717, 1.165) is 28.3 Å². The van der Waals surface area contributed by atoms with Crippen LogP contribution in [-0.2, 0) is 9.53 Å². The fourth-order valence-electron chi connectivity index (χ4n) is 2.97. The van der Waals surface area contributed by atoms with Gasteiger partial charge in [0.1, 0.15) is 6.61 Å². The summed E-state index contributed by atoms with van der Waals surface area (Å²) in [4.78, 5) is 12.1. The molecule has 0 spiro atoms. The van der Waals surface area contributed by atoms with E-state index in [1.165, 1.54) is 0 Å². The molecule has 1 unspecified atom stereocenters. The zero-order valence-corrected chi connectivity index (χ0v) is 12.0. The number of aromatic nitrogens is 2. The molecule has 0 saturated carbocycles. The molecule has 6 heteroatoms. The van der Waals surface area contributed by atoms with Crippen molar-refractivity contribution >= 4 is 23.4 Å². The molecule has 1 aromatic heterocycles. The first kappa shape index (κ1) is 12.5. The lowest BCUT2D eigenvalue weighted by molar-refractivity contribution is -0.136. The molecule has 3 heterocycles. The van der Waals surface area contributed by atoms with Crippen molar-refractivity contribution in [2.24, 2.45) is 0 Å². The smallest absolute Gasteiger partial charge is 0.337 e. The lowest BCUT2D eigenvalue weighted by atomic mass is 9.82. The number of esters is 1. The normalized spacial score (nSPS) is 19.9. The number of carbonyl (C=O) groups excluding carboxylic acids is 1. The summed E-state index contributed by atoms with van der Waals surface area (Å²) in [6, 6.07) is 7.53. The van der Waals surface area contributed by atoms with E-state index in [9.17, 15) is 4.79 Å². The van der Waals surface area contributed by atoms with Crippen LogP contribution in [0.15, 0.2) is 35.5 Å². The number of nitrogens with one attached hydrogen (secondary N) is 2. The van der Waals surface area contributed by atoms with Crippen LogP contribution in [0.1, 0.15) is 22.7 Å². The molecule has 2 aliphatic rings. The van der Waals surface area contributed by atoms with Gasteiger partial charge in [-0.2, -0.15) is 5.10 Å². The number of anilines is 1. The molecule has 1 atom stereocenters. The first-order valence-electron chi connectivity index (χ1n) is 6.62. The van der Waals surface area contributed by atoms with Crippen LogP contribution >= 0.6 is 11.6 Å². The molecule has 1 aromatic carbocycles. The van der Waals surface area contributed by atoms with Crippen LogP contribution in [0.2, 0.25) is 5.02 Å². The van der Waals surface area contributed by atoms with Gasteiger partial charge in [0.05, 0.1) is 11.3 Å². The summed E-state index contributed by atoms with van der Waals surface area (Å²) in [7, 11) is 0. The zero-order chi connectivity index (χ0) is 14.6. The molecule has 5 nitrogen and oxygen atoms in total. The van der Waals surface area contributed by atoms with Crippen molar-refractivity contribution in [3.05, 3.63) is 57.4 Å². The molecule has 4 rings (SSSR count). The Morgan fingerprint density at radius 1 is 1.33 bits per heavy atom. The molecule has 0 aliphatic carbocycles. The van der Waals surface area contributed by atoms with E-state index in [2.05, 4.69) is 15.5 Å². The monoisotopic (exact) mass is 301 g/mol. The molecule has 0 radical (unpaired) electrons. The summed E-state index contributed by atoms with van der Waals surface area (Å²) < 4.78 is 5.18. The van der Waals surface area contributed by atoms with Crippen molar-refractivity contribution in [2.75, 3.05) is 11.9 Å². The number of rotatable bonds is 1. The van der Waals surface area contributed by atoms with Gasteiger partial charge in [-0.05, 0) is 24.6 Å². The van der Waals surface area contributed by atoms with E-state index < -0.39 is 0 Å². The summed E-state index contributed by atoms with van der Waals surface area (Å²) in [5.41, 5.74) is 4.37. The number of benzene rings is 1. The van der Waals surface area contributed by atoms with Crippen LogP contribution in [-0.4, -0.2) is 22.8 Å². The zero-order valence-electron chi connectivity index (χ0n) is 11.2. The largest absolute Gasteiger partial charge is 0.456 e. The van der Waals surface area contributed by atoms with E-state index in [1.807, 2.05) is 31.2 Å². The second-order valence-corrected chi connectivity index (χ2v) is 5.63. The lowest BCUT2D eigenvalue weighted by Crippen LogP contribution is -2.19. The van der Waals surface area contributed by atoms with Crippen LogP contribution in [0, 0.1) is 6.92 Å². The number of carbonyl (C=O) groups is 1. The van der Waals surface area contributed by atoms with Crippen molar-refractivity contribution in [1.29, 1.82) is 0 Å². The van der Waals surface area contributed by atoms with Crippen molar-refractivity contribution in [3.8, 4) is 0 Å². The maximum atomic E-state index is 12.1. The predicted molar refractivity (Wildman–Crippen MR) is 78.2 cm³/mol. The molecular weight excluding hydrogens is 290 g/mol. The summed E-state index contributed by atoms with van der Waals surface area (Å²) in [5.74, 6) is 0.301. The number of ether oxygens (including phenoxy) is 1. The van der Waals surface area contributed by atoms with E-state index in [0.29, 0.717) is 10.6 Å². The number of aromatic amines is 1. The van der Waals surface area contributed by atoms with Gasteiger partial charge in [0.2, 0.25) is 0 Å². The Morgan fingerprint density at radius 3 is 2.86 bits per heavy atom. The van der Waals surface area contributed by atoms with E-state index in [4.69, 9.17) is 16.3 Å². The van der Waals surface area contributed by atoms with Crippen LogP contribution in [0.4, 0.5) is 5.82 Å². The highest BCUT2D eigenvalue weighted by Crippen LogP contribution is 2.44. The van der Waals surface area contributed by atoms with Gasteiger partial charge in [-0.25, -0.2) is 4.79 Å². The highest BCUT2D eigenvalue weighted by molar-refractivity contribution is 6.30. The summed E-state index contributed by atoms with van der Waals surface area (Å²) in [6.45, 7) is 2.21.